The van der Waals surface area contributed by atoms with Crippen molar-refractivity contribution in [3.63, 3.8) is 0 Å². The molecule has 1 heterocycles. The molecule has 4 heteroatoms. The zero-order valence-electron chi connectivity index (χ0n) is 19.4. The highest BCUT2D eigenvalue weighted by molar-refractivity contribution is 5.77. The number of hydrogen-bond donors (Lipinski definition) is 1. The van der Waals surface area contributed by atoms with Crippen LogP contribution in [0.2, 0.25) is 0 Å². The van der Waals surface area contributed by atoms with Gasteiger partial charge in [0.2, 0.25) is 0 Å². The molecule has 0 unspecified atom stereocenters. The second-order valence-electron chi connectivity index (χ2n) is 8.27. The van der Waals surface area contributed by atoms with E-state index in [1.807, 2.05) is 63.2 Å². The fraction of sp³-hybridized carbons (Fsp3) is 0.407. The topological polar surface area (TPSA) is 15.3 Å². The van der Waals surface area contributed by atoms with Crippen LogP contribution in [0.15, 0.2) is 29.8 Å². The summed E-state index contributed by atoms with van der Waals surface area (Å²) in [6.07, 6.45) is 8.77. The molecule has 0 spiro atoms. The van der Waals surface area contributed by atoms with Crippen molar-refractivity contribution in [2.24, 2.45) is 5.92 Å². The first kappa shape index (κ1) is 23.2. The predicted octanol–water partition coefficient (Wildman–Crippen LogP) is 5.34. The van der Waals surface area contributed by atoms with Crippen LogP contribution in [0.5, 0.6) is 0 Å². The Labute approximate surface area is 186 Å². The maximum absolute atomic E-state index is 15.3. The van der Waals surface area contributed by atoms with Gasteiger partial charge >= 0.3 is 0 Å². The third kappa shape index (κ3) is 4.90. The molecule has 2 nitrogen and oxygen atoms in total. The SMILES string of the molecule is C/C(=C\c1c(F)cc(-c2ccc3c(c2F)=CCC=3)cc1N(C)C)C1CCNCC1.CC.[HH]. The van der Waals surface area contributed by atoms with Crippen LogP contribution in [0.3, 0.4) is 0 Å². The molecular weight excluding hydrogens is 390 g/mol. The first-order valence-corrected chi connectivity index (χ1v) is 11.3. The lowest BCUT2D eigenvalue weighted by molar-refractivity contribution is 0.421. The van der Waals surface area contributed by atoms with Crippen molar-refractivity contribution in [2.75, 3.05) is 32.1 Å². The quantitative estimate of drug-likeness (QED) is 0.710. The smallest absolute Gasteiger partial charge is 0.138 e. The summed E-state index contributed by atoms with van der Waals surface area (Å²) in [6, 6.07) is 7.04. The average Bonchev–Trinajstić information content (AvgIpc) is 3.27. The number of hydrogen-bond acceptors (Lipinski definition) is 2. The molecular formula is C27H36F2N2. The molecule has 0 bridgehead atoms. The summed E-state index contributed by atoms with van der Waals surface area (Å²) in [4.78, 5) is 1.90. The average molecular weight is 427 g/mol. The number of piperidine rings is 1. The van der Waals surface area contributed by atoms with Crippen LogP contribution in [-0.2, 0) is 0 Å². The zero-order chi connectivity index (χ0) is 22.5. The zero-order valence-corrected chi connectivity index (χ0v) is 19.4. The van der Waals surface area contributed by atoms with Gasteiger partial charge in [0.25, 0.3) is 0 Å². The number of nitrogens with zero attached hydrogens (tertiary/aromatic N) is 1. The molecule has 4 rings (SSSR count). The minimum Gasteiger partial charge on any atom is -0.377 e. The number of rotatable bonds is 4. The van der Waals surface area contributed by atoms with Gasteiger partial charge in [-0.2, -0.15) is 0 Å². The standard InChI is InChI=1S/C25H28F2N2.C2H6.H2/c1-16(17-9-11-28-12-10-17)13-22-23(26)14-19(15-24(22)29(2)3)21-8-7-18-5-4-6-20(18)25(21)27;1-2;/h5-8,13-15,17,28H,4,9-12H2,1-3H3;1-2H3;1H/b16-13+;;. The van der Waals surface area contributed by atoms with Crippen molar-refractivity contribution in [2.45, 2.75) is 40.0 Å². The Balaban J connectivity index is 0.00000118. The highest BCUT2D eigenvalue weighted by atomic mass is 19.1. The van der Waals surface area contributed by atoms with Crippen LogP contribution in [-0.4, -0.2) is 27.2 Å². The largest absolute Gasteiger partial charge is 0.377 e. The van der Waals surface area contributed by atoms with Gasteiger partial charge in [-0.05, 0) is 68.1 Å². The summed E-state index contributed by atoms with van der Waals surface area (Å²) in [5, 5.41) is 4.91. The monoisotopic (exact) mass is 426 g/mol. The van der Waals surface area contributed by atoms with E-state index < -0.39 is 0 Å². The minimum absolute atomic E-state index is 0. The fourth-order valence-corrected chi connectivity index (χ4v) is 4.41. The summed E-state index contributed by atoms with van der Waals surface area (Å²) in [5.74, 6) is -0.101. The van der Waals surface area contributed by atoms with E-state index in [0.717, 1.165) is 43.3 Å². The number of nitrogens with one attached hydrogen (secondary N) is 1. The lowest BCUT2D eigenvalue weighted by atomic mass is 9.89. The number of allylic oxidation sites excluding steroid dienone is 1. The van der Waals surface area contributed by atoms with Crippen LogP contribution >= 0.6 is 0 Å². The van der Waals surface area contributed by atoms with Crippen LogP contribution in [0.1, 0.15) is 47.0 Å². The summed E-state index contributed by atoms with van der Waals surface area (Å²) < 4.78 is 30.3. The molecule has 1 aliphatic heterocycles. The summed E-state index contributed by atoms with van der Waals surface area (Å²) in [5.41, 5.74) is 3.57. The summed E-state index contributed by atoms with van der Waals surface area (Å²) in [7, 11) is 3.80. The van der Waals surface area contributed by atoms with Crippen LogP contribution in [0, 0.1) is 17.6 Å². The van der Waals surface area contributed by atoms with Crippen molar-refractivity contribution in [1.29, 1.82) is 0 Å². The Morgan fingerprint density at radius 3 is 2.48 bits per heavy atom. The van der Waals surface area contributed by atoms with Crippen molar-refractivity contribution in [3.05, 3.63) is 57.5 Å². The van der Waals surface area contributed by atoms with E-state index in [1.165, 1.54) is 11.6 Å². The molecule has 1 N–H and O–H groups in total. The first-order chi connectivity index (χ1) is 15.0. The number of anilines is 1. The summed E-state index contributed by atoms with van der Waals surface area (Å²) >= 11 is 0. The fourth-order valence-electron chi connectivity index (χ4n) is 4.41. The number of benzene rings is 2. The number of fused-ring (bicyclic) bond motifs is 1. The molecule has 2 aliphatic rings. The lowest BCUT2D eigenvalue weighted by Crippen LogP contribution is -2.28. The van der Waals surface area contributed by atoms with Gasteiger partial charge in [0.05, 0.1) is 0 Å². The highest BCUT2D eigenvalue weighted by Crippen LogP contribution is 2.33. The molecule has 2 aromatic rings. The highest BCUT2D eigenvalue weighted by Gasteiger charge is 2.19. The molecule has 168 valence electrons. The Hall–Kier alpha value is -2.46. The second kappa shape index (κ2) is 10.2. The van der Waals surface area contributed by atoms with Crippen molar-refractivity contribution in [1.82, 2.24) is 5.32 Å². The molecule has 31 heavy (non-hydrogen) atoms. The van der Waals surface area contributed by atoms with Crippen LogP contribution < -0.4 is 20.7 Å². The third-order valence-corrected chi connectivity index (χ3v) is 6.13. The molecule has 2 aromatic carbocycles. The predicted molar refractivity (Wildman–Crippen MR) is 132 cm³/mol. The Kier molecular flexibility index (Phi) is 7.66. The van der Waals surface area contributed by atoms with Gasteiger partial charge in [-0.15, -0.1) is 0 Å². The normalized spacial score (nSPS) is 16.0. The molecule has 0 amide bonds. The van der Waals surface area contributed by atoms with E-state index in [4.69, 9.17) is 0 Å². The van der Waals surface area contributed by atoms with E-state index in [1.54, 1.807) is 6.07 Å². The lowest BCUT2D eigenvalue weighted by Gasteiger charge is -2.24. The van der Waals surface area contributed by atoms with Crippen molar-refractivity contribution >= 4 is 23.9 Å². The van der Waals surface area contributed by atoms with Gasteiger partial charge in [0.15, 0.2) is 0 Å². The van der Waals surface area contributed by atoms with E-state index in [0.29, 0.717) is 27.8 Å². The van der Waals surface area contributed by atoms with Gasteiger partial charge in [0.1, 0.15) is 11.6 Å². The Morgan fingerprint density at radius 2 is 1.81 bits per heavy atom. The van der Waals surface area contributed by atoms with Crippen molar-refractivity contribution < 1.29 is 10.2 Å². The van der Waals surface area contributed by atoms with Crippen LogP contribution in [0.25, 0.3) is 29.4 Å². The number of halogens is 2. The Morgan fingerprint density at radius 1 is 1.10 bits per heavy atom. The molecule has 0 saturated carbocycles. The van der Waals surface area contributed by atoms with E-state index in [-0.39, 0.29) is 13.1 Å². The van der Waals surface area contributed by atoms with Crippen molar-refractivity contribution in [3.8, 4) is 11.1 Å². The maximum Gasteiger partial charge on any atom is 0.138 e. The van der Waals surface area contributed by atoms with Gasteiger partial charge in [0, 0.05) is 37.6 Å². The summed E-state index contributed by atoms with van der Waals surface area (Å²) in [6.45, 7) is 8.10. The van der Waals surface area contributed by atoms with E-state index >= 15 is 8.78 Å². The maximum atomic E-state index is 15.3. The van der Waals surface area contributed by atoms with Gasteiger partial charge in [-0.3, -0.25) is 0 Å². The molecule has 1 saturated heterocycles. The second-order valence-corrected chi connectivity index (χ2v) is 8.27. The van der Waals surface area contributed by atoms with Crippen LogP contribution in [0.4, 0.5) is 14.5 Å². The Bertz CT molecular complexity index is 1080. The molecule has 0 atom stereocenters. The van der Waals surface area contributed by atoms with Gasteiger partial charge < -0.3 is 10.2 Å². The molecule has 1 aliphatic carbocycles. The van der Waals surface area contributed by atoms with Gasteiger partial charge in [-0.1, -0.05) is 49.8 Å². The first-order valence-electron chi connectivity index (χ1n) is 11.3. The third-order valence-electron chi connectivity index (χ3n) is 6.13. The van der Waals surface area contributed by atoms with E-state index in [9.17, 15) is 0 Å². The van der Waals surface area contributed by atoms with Gasteiger partial charge in [-0.25, -0.2) is 8.78 Å². The molecule has 1 fully saturated rings. The molecule has 0 radical (unpaired) electrons. The van der Waals surface area contributed by atoms with E-state index in [2.05, 4.69) is 12.2 Å². The molecule has 0 aromatic heterocycles. The minimum atomic E-state index is -0.310.